The quantitative estimate of drug-likeness (QED) is 0.849. The molecule has 2 rings (SSSR count). The van der Waals surface area contributed by atoms with Gasteiger partial charge in [-0.3, -0.25) is 4.98 Å². The molecule has 0 unspecified atom stereocenters. The molecule has 0 radical (unpaired) electrons. The lowest BCUT2D eigenvalue weighted by Gasteiger charge is -2.05. The number of rotatable bonds is 4. The third-order valence-corrected chi connectivity index (χ3v) is 2.35. The summed E-state index contributed by atoms with van der Waals surface area (Å²) >= 11 is 0. The number of aromatic nitrogens is 1. The Hall–Kier alpha value is -1.74. The fourth-order valence-corrected chi connectivity index (χ4v) is 1.48. The number of pyridine rings is 1. The average Bonchev–Trinajstić information content (AvgIpc) is 2.33. The molecule has 0 aliphatic heterocycles. The molecule has 0 atom stereocenters. The van der Waals surface area contributed by atoms with E-state index in [0.29, 0.717) is 12.1 Å². The first-order valence-corrected chi connectivity index (χ1v) is 5.19. The second-order valence-corrected chi connectivity index (χ2v) is 3.55. The van der Waals surface area contributed by atoms with Crippen molar-refractivity contribution < 1.29 is 4.39 Å². The molecule has 0 amide bonds. The van der Waals surface area contributed by atoms with Gasteiger partial charge in [0.15, 0.2) is 0 Å². The molecule has 1 aromatic carbocycles. The van der Waals surface area contributed by atoms with Gasteiger partial charge in [-0.15, -0.1) is 0 Å². The zero-order valence-corrected chi connectivity index (χ0v) is 8.86. The van der Waals surface area contributed by atoms with Crippen molar-refractivity contribution in [1.29, 1.82) is 0 Å². The first kappa shape index (κ1) is 10.8. The van der Waals surface area contributed by atoms with Gasteiger partial charge < -0.3 is 5.32 Å². The lowest BCUT2D eigenvalue weighted by atomic mass is 10.2. The Morgan fingerprint density at radius 2 is 1.75 bits per heavy atom. The van der Waals surface area contributed by atoms with Crippen molar-refractivity contribution in [2.45, 2.75) is 13.1 Å². The molecule has 82 valence electrons. The summed E-state index contributed by atoms with van der Waals surface area (Å²) in [6.45, 7) is 1.26. The summed E-state index contributed by atoms with van der Waals surface area (Å²) in [6, 6.07) is 10.7. The Bertz CT molecular complexity index is 443. The van der Waals surface area contributed by atoms with Gasteiger partial charge in [-0.2, -0.15) is 0 Å². The van der Waals surface area contributed by atoms with E-state index in [1.165, 1.54) is 6.07 Å². The topological polar surface area (TPSA) is 24.9 Å². The summed E-state index contributed by atoms with van der Waals surface area (Å²) < 4.78 is 13.3. The van der Waals surface area contributed by atoms with Crippen LogP contribution in [0.1, 0.15) is 11.1 Å². The third kappa shape index (κ3) is 2.87. The van der Waals surface area contributed by atoms with E-state index in [4.69, 9.17) is 0 Å². The van der Waals surface area contributed by atoms with Crippen LogP contribution in [-0.2, 0) is 13.1 Å². The maximum Gasteiger partial charge on any atom is 0.127 e. The first-order valence-electron chi connectivity index (χ1n) is 5.19. The number of hydrogen-bond donors (Lipinski definition) is 1. The van der Waals surface area contributed by atoms with E-state index in [9.17, 15) is 4.39 Å². The Morgan fingerprint density at radius 3 is 2.50 bits per heavy atom. The van der Waals surface area contributed by atoms with Crippen molar-refractivity contribution in [3.63, 3.8) is 0 Å². The van der Waals surface area contributed by atoms with E-state index < -0.39 is 0 Å². The molecule has 0 aliphatic rings. The first-order chi connectivity index (χ1) is 7.86. The molecule has 0 spiro atoms. The Labute approximate surface area is 94.2 Å². The molecule has 3 heteroatoms. The summed E-state index contributed by atoms with van der Waals surface area (Å²) in [4.78, 5) is 3.94. The van der Waals surface area contributed by atoms with Crippen molar-refractivity contribution in [2.75, 3.05) is 0 Å². The predicted molar refractivity (Wildman–Crippen MR) is 61.2 cm³/mol. The fourth-order valence-electron chi connectivity index (χ4n) is 1.48. The Balaban J connectivity index is 1.87. The Morgan fingerprint density at radius 1 is 1.00 bits per heavy atom. The molecular formula is C13H13FN2. The molecule has 1 N–H and O–H groups in total. The molecule has 0 fully saturated rings. The second kappa shape index (κ2) is 5.37. The summed E-state index contributed by atoms with van der Waals surface area (Å²) in [7, 11) is 0. The largest absolute Gasteiger partial charge is 0.309 e. The van der Waals surface area contributed by atoms with E-state index in [1.807, 2.05) is 18.2 Å². The minimum Gasteiger partial charge on any atom is -0.309 e. The van der Waals surface area contributed by atoms with Gasteiger partial charge in [-0.1, -0.05) is 18.2 Å². The van der Waals surface area contributed by atoms with Crippen LogP contribution in [0.4, 0.5) is 4.39 Å². The number of nitrogens with one attached hydrogen (secondary N) is 1. The van der Waals surface area contributed by atoms with Crippen LogP contribution < -0.4 is 5.32 Å². The highest BCUT2D eigenvalue weighted by molar-refractivity contribution is 5.17. The molecule has 16 heavy (non-hydrogen) atoms. The molecular weight excluding hydrogens is 203 g/mol. The molecule has 0 bridgehead atoms. The number of nitrogens with zero attached hydrogens (tertiary/aromatic N) is 1. The van der Waals surface area contributed by atoms with E-state index in [-0.39, 0.29) is 5.82 Å². The lowest BCUT2D eigenvalue weighted by Crippen LogP contribution is -2.13. The molecule has 1 heterocycles. The van der Waals surface area contributed by atoms with Crippen molar-refractivity contribution in [1.82, 2.24) is 10.3 Å². The van der Waals surface area contributed by atoms with Crippen LogP contribution in [0.3, 0.4) is 0 Å². The van der Waals surface area contributed by atoms with E-state index >= 15 is 0 Å². The van der Waals surface area contributed by atoms with Crippen LogP contribution in [0.5, 0.6) is 0 Å². The summed E-state index contributed by atoms with van der Waals surface area (Å²) in [5, 5.41) is 3.19. The van der Waals surface area contributed by atoms with E-state index in [2.05, 4.69) is 10.3 Å². The normalized spacial score (nSPS) is 10.3. The van der Waals surface area contributed by atoms with Gasteiger partial charge in [0.1, 0.15) is 5.82 Å². The van der Waals surface area contributed by atoms with Crippen molar-refractivity contribution >= 4 is 0 Å². The van der Waals surface area contributed by atoms with Gasteiger partial charge in [-0.05, 0) is 23.8 Å². The zero-order chi connectivity index (χ0) is 11.2. The number of benzene rings is 1. The van der Waals surface area contributed by atoms with Gasteiger partial charge in [0.05, 0.1) is 0 Å². The van der Waals surface area contributed by atoms with Crippen molar-refractivity contribution in [2.24, 2.45) is 0 Å². The SMILES string of the molecule is Fc1ccccc1CNCc1ccncc1. The molecule has 0 saturated heterocycles. The minimum atomic E-state index is -0.162. The highest BCUT2D eigenvalue weighted by Gasteiger charge is 1.99. The van der Waals surface area contributed by atoms with Crippen molar-refractivity contribution in [3.05, 3.63) is 65.7 Å². The van der Waals surface area contributed by atoms with E-state index in [1.54, 1.807) is 24.5 Å². The molecule has 0 aliphatic carbocycles. The maximum atomic E-state index is 13.3. The molecule has 0 saturated carbocycles. The van der Waals surface area contributed by atoms with Crippen LogP contribution >= 0.6 is 0 Å². The van der Waals surface area contributed by atoms with Crippen LogP contribution in [0.25, 0.3) is 0 Å². The highest BCUT2D eigenvalue weighted by Crippen LogP contribution is 2.06. The van der Waals surface area contributed by atoms with Gasteiger partial charge in [0.2, 0.25) is 0 Å². The third-order valence-electron chi connectivity index (χ3n) is 2.35. The monoisotopic (exact) mass is 216 g/mol. The summed E-state index contributed by atoms with van der Waals surface area (Å²) in [6.07, 6.45) is 3.50. The molecule has 1 aromatic heterocycles. The Kier molecular flexibility index (Phi) is 3.62. The second-order valence-electron chi connectivity index (χ2n) is 3.55. The smallest absolute Gasteiger partial charge is 0.127 e. The van der Waals surface area contributed by atoms with Crippen LogP contribution in [0.15, 0.2) is 48.8 Å². The molecule has 2 nitrogen and oxygen atoms in total. The van der Waals surface area contributed by atoms with E-state index in [0.717, 1.165) is 12.1 Å². The van der Waals surface area contributed by atoms with Gasteiger partial charge in [0, 0.05) is 31.0 Å². The van der Waals surface area contributed by atoms with Gasteiger partial charge in [-0.25, -0.2) is 4.39 Å². The van der Waals surface area contributed by atoms with Crippen LogP contribution in [0, 0.1) is 5.82 Å². The average molecular weight is 216 g/mol. The maximum absolute atomic E-state index is 13.3. The predicted octanol–water partition coefficient (Wildman–Crippen LogP) is 2.51. The number of hydrogen-bond acceptors (Lipinski definition) is 2. The fraction of sp³-hybridized carbons (Fsp3) is 0.154. The summed E-state index contributed by atoms with van der Waals surface area (Å²) in [5.41, 5.74) is 1.84. The van der Waals surface area contributed by atoms with Crippen LogP contribution in [0.2, 0.25) is 0 Å². The van der Waals surface area contributed by atoms with Gasteiger partial charge in [0.25, 0.3) is 0 Å². The minimum absolute atomic E-state index is 0.162. The van der Waals surface area contributed by atoms with Gasteiger partial charge >= 0.3 is 0 Å². The highest BCUT2D eigenvalue weighted by atomic mass is 19.1. The lowest BCUT2D eigenvalue weighted by molar-refractivity contribution is 0.588. The van der Waals surface area contributed by atoms with Crippen LogP contribution in [-0.4, -0.2) is 4.98 Å². The standard InChI is InChI=1S/C13H13FN2/c14-13-4-2-1-3-12(13)10-16-9-11-5-7-15-8-6-11/h1-8,16H,9-10H2. The molecule has 2 aromatic rings. The zero-order valence-electron chi connectivity index (χ0n) is 8.86. The van der Waals surface area contributed by atoms with Crippen molar-refractivity contribution in [3.8, 4) is 0 Å². The summed E-state index contributed by atoms with van der Waals surface area (Å²) in [5.74, 6) is -0.162. The number of halogens is 1.